The summed E-state index contributed by atoms with van der Waals surface area (Å²) in [7, 11) is 1.45. The van der Waals surface area contributed by atoms with Gasteiger partial charge in [-0.05, 0) is 46.2 Å². The first-order chi connectivity index (χ1) is 14.1. The van der Waals surface area contributed by atoms with Crippen LogP contribution < -0.4 is 15.5 Å². The number of anilines is 3. The zero-order chi connectivity index (χ0) is 20.2. The van der Waals surface area contributed by atoms with Crippen molar-refractivity contribution in [3.8, 4) is 11.5 Å². The van der Waals surface area contributed by atoms with Gasteiger partial charge in [0, 0.05) is 0 Å². The number of hydrogen-bond donors (Lipinski definition) is 3. The maximum Gasteiger partial charge on any atom is 0.245 e. The molecule has 0 radical (unpaired) electrons. The van der Waals surface area contributed by atoms with E-state index in [0.29, 0.717) is 11.3 Å². The highest BCUT2D eigenvalue weighted by atomic mass is 19.1. The van der Waals surface area contributed by atoms with E-state index >= 15 is 0 Å². The van der Waals surface area contributed by atoms with Gasteiger partial charge >= 0.3 is 0 Å². The highest BCUT2D eigenvalue weighted by Crippen LogP contribution is 2.27. The molecule has 0 unspecified atom stereocenters. The molecule has 4 rings (SSSR count). The Kier molecular flexibility index (Phi) is 4.84. The fourth-order valence-corrected chi connectivity index (χ4v) is 2.44. The number of rotatable bonds is 6. The molecule has 0 bridgehead atoms. The third kappa shape index (κ3) is 3.88. The van der Waals surface area contributed by atoms with E-state index in [1.54, 1.807) is 30.3 Å². The van der Waals surface area contributed by atoms with Crippen LogP contribution in [-0.2, 0) is 0 Å². The number of halogens is 1. The maximum atomic E-state index is 14.0. The lowest BCUT2D eigenvalue weighted by Crippen LogP contribution is -2.04. The Hall–Kier alpha value is -4.28. The summed E-state index contributed by atoms with van der Waals surface area (Å²) >= 11 is 0. The van der Waals surface area contributed by atoms with Crippen LogP contribution >= 0.6 is 0 Å². The zero-order valence-corrected chi connectivity index (χ0v) is 15.0. The van der Waals surface area contributed by atoms with Crippen LogP contribution in [0.2, 0.25) is 0 Å². The minimum absolute atomic E-state index is 0.0174. The van der Waals surface area contributed by atoms with Crippen LogP contribution in [0.4, 0.5) is 21.7 Å². The number of hydrazone groups is 1. The number of para-hydroxylation sites is 1. The summed E-state index contributed by atoms with van der Waals surface area (Å²) in [5.41, 5.74) is 3.91. The SMILES string of the molecule is COc1cc(/C=N\Nc2nc3nonc3nc2Nc2ccccc2F)ccc1O. The average Bonchev–Trinajstić information content (AvgIpc) is 3.18. The number of hydrogen-bond acceptors (Lipinski definition) is 10. The van der Waals surface area contributed by atoms with E-state index in [9.17, 15) is 9.50 Å². The van der Waals surface area contributed by atoms with Gasteiger partial charge in [-0.3, -0.25) is 5.43 Å². The largest absolute Gasteiger partial charge is 0.504 e. The summed E-state index contributed by atoms with van der Waals surface area (Å²) in [6.45, 7) is 0. The Labute approximate surface area is 163 Å². The molecule has 0 saturated carbocycles. The number of fused-ring (bicyclic) bond motifs is 1. The molecule has 0 atom stereocenters. The molecule has 10 nitrogen and oxygen atoms in total. The van der Waals surface area contributed by atoms with Gasteiger partial charge in [0.05, 0.1) is 19.0 Å². The highest BCUT2D eigenvalue weighted by Gasteiger charge is 2.14. The van der Waals surface area contributed by atoms with Crippen LogP contribution in [0.25, 0.3) is 11.3 Å². The standard InChI is InChI=1S/C18H14FN7O3/c1-28-14-8-10(6-7-13(14)27)9-20-24-16-15(21-12-5-3-2-4-11(12)19)22-17-18(23-16)26-29-25-17/h2-9,27H,1H3,(H,21,22,25)(H,23,24,26)/b20-9-. The van der Waals surface area contributed by atoms with Gasteiger partial charge in [0.15, 0.2) is 23.1 Å². The lowest BCUT2D eigenvalue weighted by atomic mass is 10.2. The molecule has 0 spiro atoms. The van der Waals surface area contributed by atoms with Crippen molar-refractivity contribution in [1.82, 2.24) is 20.3 Å². The molecule has 0 aliphatic heterocycles. The van der Waals surface area contributed by atoms with Gasteiger partial charge < -0.3 is 15.2 Å². The number of ether oxygens (including phenoxy) is 1. The summed E-state index contributed by atoms with van der Waals surface area (Å²) in [4.78, 5) is 8.47. The van der Waals surface area contributed by atoms with E-state index in [4.69, 9.17) is 4.74 Å². The molecule has 4 aromatic rings. The normalized spacial score (nSPS) is 11.1. The lowest BCUT2D eigenvalue weighted by molar-refractivity contribution is 0.314. The molecule has 2 aromatic carbocycles. The minimum Gasteiger partial charge on any atom is -0.504 e. The Bertz CT molecular complexity index is 1200. The van der Waals surface area contributed by atoms with Gasteiger partial charge in [0.25, 0.3) is 0 Å². The van der Waals surface area contributed by atoms with Crippen molar-refractivity contribution in [2.24, 2.45) is 5.10 Å². The van der Waals surface area contributed by atoms with Crippen molar-refractivity contribution in [1.29, 1.82) is 0 Å². The number of phenols is 1. The van der Waals surface area contributed by atoms with E-state index < -0.39 is 5.82 Å². The molecule has 0 aliphatic rings. The lowest BCUT2D eigenvalue weighted by Gasteiger charge is -2.10. The number of aromatic hydroxyl groups is 1. The van der Waals surface area contributed by atoms with Crippen molar-refractivity contribution in [3.05, 3.63) is 53.8 Å². The molecule has 2 aromatic heterocycles. The fourth-order valence-electron chi connectivity index (χ4n) is 2.44. The highest BCUT2D eigenvalue weighted by molar-refractivity contribution is 5.82. The molecule has 3 N–H and O–H groups in total. The monoisotopic (exact) mass is 395 g/mol. The third-order valence-electron chi connectivity index (χ3n) is 3.83. The van der Waals surface area contributed by atoms with Crippen LogP contribution in [0.5, 0.6) is 11.5 Å². The summed E-state index contributed by atoms with van der Waals surface area (Å²) < 4.78 is 23.7. The van der Waals surface area contributed by atoms with Crippen molar-refractivity contribution in [3.63, 3.8) is 0 Å². The minimum atomic E-state index is -0.460. The second-order valence-corrected chi connectivity index (χ2v) is 5.74. The Morgan fingerprint density at radius 3 is 2.62 bits per heavy atom. The van der Waals surface area contributed by atoms with Crippen molar-refractivity contribution in [2.45, 2.75) is 0 Å². The zero-order valence-electron chi connectivity index (χ0n) is 15.0. The second kappa shape index (κ2) is 7.76. The van der Waals surface area contributed by atoms with Crippen LogP contribution in [0.3, 0.4) is 0 Å². The number of benzene rings is 2. The number of methoxy groups -OCH3 is 1. The number of nitrogens with zero attached hydrogens (tertiary/aromatic N) is 5. The Balaban J connectivity index is 1.63. The van der Waals surface area contributed by atoms with E-state index in [1.807, 2.05) is 0 Å². The molecule has 0 aliphatic carbocycles. The molecular weight excluding hydrogens is 381 g/mol. The summed E-state index contributed by atoms with van der Waals surface area (Å²) in [5.74, 6) is 0.227. The van der Waals surface area contributed by atoms with Gasteiger partial charge in [-0.1, -0.05) is 12.1 Å². The first kappa shape index (κ1) is 18.1. The van der Waals surface area contributed by atoms with Gasteiger partial charge in [0.1, 0.15) is 5.82 Å². The predicted molar refractivity (Wildman–Crippen MR) is 103 cm³/mol. The van der Waals surface area contributed by atoms with E-state index in [0.717, 1.165) is 0 Å². The Morgan fingerprint density at radius 2 is 1.86 bits per heavy atom. The van der Waals surface area contributed by atoms with Crippen molar-refractivity contribution >= 4 is 34.8 Å². The number of nitrogens with one attached hydrogen (secondary N) is 2. The van der Waals surface area contributed by atoms with Gasteiger partial charge in [0.2, 0.25) is 11.3 Å². The van der Waals surface area contributed by atoms with E-state index in [-0.39, 0.29) is 34.4 Å². The van der Waals surface area contributed by atoms with Crippen LogP contribution in [0.1, 0.15) is 5.56 Å². The Morgan fingerprint density at radius 1 is 1.10 bits per heavy atom. The molecule has 29 heavy (non-hydrogen) atoms. The number of aromatic nitrogens is 4. The molecule has 11 heteroatoms. The van der Waals surface area contributed by atoms with Gasteiger partial charge in [-0.25, -0.2) is 14.0 Å². The molecule has 0 fully saturated rings. The molecule has 146 valence electrons. The van der Waals surface area contributed by atoms with Crippen molar-refractivity contribution in [2.75, 3.05) is 17.9 Å². The molecule has 2 heterocycles. The van der Waals surface area contributed by atoms with E-state index in [2.05, 4.69) is 40.8 Å². The van der Waals surface area contributed by atoms with Crippen LogP contribution in [0, 0.1) is 5.82 Å². The maximum absolute atomic E-state index is 14.0. The molecule has 0 amide bonds. The quantitative estimate of drug-likeness (QED) is 0.333. The molecular formula is C18H14FN7O3. The summed E-state index contributed by atoms with van der Waals surface area (Å²) in [6, 6.07) is 10.9. The van der Waals surface area contributed by atoms with Crippen LogP contribution in [-0.4, -0.2) is 38.7 Å². The van der Waals surface area contributed by atoms with Crippen LogP contribution in [0.15, 0.2) is 52.2 Å². The summed E-state index contributed by atoms with van der Waals surface area (Å²) in [6.07, 6.45) is 1.49. The van der Waals surface area contributed by atoms with Gasteiger partial charge in [-0.2, -0.15) is 10.1 Å². The number of phenolic OH excluding ortho intramolecular Hbond substituents is 1. The van der Waals surface area contributed by atoms with E-state index in [1.165, 1.54) is 25.5 Å². The smallest absolute Gasteiger partial charge is 0.245 e. The third-order valence-corrected chi connectivity index (χ3v) is 3.83. The van der Waals surface area contributed by atoms with Crippen molar-refractivity contribution < 1.29 is 18.9 Å². The molecule has 0 saturated heterocycles. The van der Waals surface area contributed by atoms with Gasteiger partial charge in [-0.15, -0.1) is 0 Å². The second-order valence-electron chi connectivity index (χ2n) is 5.74. The average molecular weight is 395 g/mol. The first-order valence-corrected chi connectivity index (χ1v) is 8.32. The topological polar surface area (TPSA) is 131 Å². The fraction of sp³-hybridized carbons (Fsp3) is 0.0556. The first-order valence-electron chi connectivity index (χ1n) is 8.32. The predicted octanol–water partition coefficient (Wildman–Crippen LogP) is 3.06. The summed E-state index contributed by atoms with van der Waals surface area (Å²) in [5, 5.41) is 23.9.